The number of hydrogen-bond donors (Lipinski definition) is 0. The molecule has 28 heavy (non-hydrogen) atoms. The molecule has 152 valence electrons. The average Bonchev–Trinajstić information content (AvgIpc) is 2.74. The van der Waals surface area contributed by atoms with Crippen LogP contribution in [0.25, 0.3) is 6.08 Å². The van der Waals surface area contributed by atoms with Crippen LogP contribution in [0, 0.1) is 5.41 Å². The first-order valence-corrected chi connectivity index (χ1v) is 11.4. The summed E-state index contributed by atoms with van der Waals surface area (Å²) in [5.74, 6) is -0.0398. The molecule has 1 fully saturated rings. The fraction of sp³-hybridized carbons (Fsp3) is 0.542. The minimum atomic E-state index is -1.02. The molecule has 1 aromatic carbocycles. The maximum Gasteiger partial charge on any atom is 0.202 e. The summed E-state index contributed by atoms with van der Waals surface area (Å²) in [5, 5.41) is 0.304. The average molecular weight is 401 g/mol. The summed E-state index contributed by atoms with van der Waals surface area (Å²) in [5.41, 5.74) is -0.0543. The SMILES string of the molecule is CCCC[C@@](C=O)(CCC(=O)/C=C/c1ccccc1)C(=O)SC1CCCCC1. The Labute approximate surface area is 173 Å². The van der Waals surface area contributed by atoms with Crippen molar-refractivity contribution in [3.63, 3.8) is 0 Å². The topological polar surface area (TPSA) is 51.2 Å². The Morgan fingerprint density at radius 2 is 1.82 bits per heavy atom. The largest absolute Gasteiger partial charge is 0.302 e. The molecule has 1 saturated carbocycles. The highest BCUT2D eigenvalue weighted by Crippen LogP contribution is 2.38. The van der Waals surface area contributed by atoms with Crippen LogP contribution in [-0.4, -0.2) is 22.4 Å². The van der Waals surface area contributed by atoms with E-state index in [1.165, 1.54) is 18.2 Å². The zero-order valence-corrected chi connectivity index (χ0v) is 17.7. The summed E-state index contributed by atoms with van der Waals surface area (Å²) < 4.78 is 0. The lowest BCUT2D eigenvalue weighted by molar-refractivity contribution is -0.129. The number of aldehydes is 1. The summed E-state index contributed by atoms with van der Waals surface area (Å²) in [4.78, 5) is 37.5. The molecule has 1 aliphatic rings. The number of hydrogen-bond acceptors (Lipinski definition) is 4. The van der Waals surface area contributed by atoms with E-state index in [9.17, 15) is 14.4 Å². The molecule has 0 radical (unpaired) electrons. The van der Waals surface area contributed by atoms with Crippen molar-refractivity contribution in [1.82, 2.24) is 0 Å². The second-order valence-corrected chi connectivity index (χ2v) is 9.03. The van der Waals surface area contributed by atoms with Crippen molar-refractivity contribution in [2.45, 2.75) is 76.4 Å². The third kappa shape index (κ3) is 7.05. The lowest BCUT2D eigenvalue weighted by atomic mass is 9.80. The Morgan fingerprint density at radius 1 is 1.11 bits per heavy atom. The zero-order valence-electron chi connectivity index (χ0n) is 16.9. The van der Waals surface area contributed by atoms with E-state index >= 15 is 0 Å². The first-order valence-electron chi connectivity index (χ1n) is 10.5. The van der Waals surface area contributed by atoms with Crippen LogP contribution in [0.3, 0.4) is 0 Å². The van der Waals surface area contributed by atoms with Gasteiger partial charge in [-0.3, -0.25) is 9.59 Å². The van der Waals surface area contributed by atoms with Crippen molar-refractivity contribution in [1.29, 1.82) is 0 Å². The van der Waals surface area contributed by atoms with E-state index < -0.39 is 5.41 Å². The Balaban J connectivity index is 1.99. The van der Waals surface area contributed by atoms with Crippen LogP contribution in [0.2, 0.25) is 0 Å². The fourth-order valence-corrected chi connectivity index (χ4v) is 4.98. The van der Waals surface area contributed by atoms with Gasteiger partial charge in [0, 0.05) is 11.7 Å². The second kappa shape index (κ2) is 12.0. The maximum atomic E-state index is 13.1. The molecular weight excluding hydrogens is 368 g/mol. The molecule has 0 aliphatic heterocycles. The first-order chi connectivity index (χ1) is 13.6. The molecule has 2 rings (SSSR count). The predicted molar refractivity (Wildman–Crippen MR) is 117 cm³/mol. The van der Waals surface area contributed by atoms with E-state index in [1.807, 2.05) is 30.3 Å². The Morgan fingerprint density at radius 3 is 2.46 bits per heavy atom. The highest BCUT2D eigenvalue weighted by atomic mass is 32.2. The van der Waals surface area contributed by atoms with Gasteiger partial charge in [-0.1, -0.05) is 87.2 Å². The molecular formula is C24H32O3S. The number of carbonyl (C=O) groups is 3. The standard InChI is InChI=1S/C24H32O3S/c1-2-3-17-24(19-25,23(27)28-22-12-8-5-9-13-22)18-16-21(26)15-14-20-10-6-4-7-11-20/h4,6-7,10-11,14-15,19,22H,2-3,5,8-9,12-13,16-18H2,1H3/b15-14+/t24-/m0/s1. The fourth-order valence-electron chi connectivity index (χ4n) is 3.62. The molecule has 0 unspecified atom stereocenters. The summed E-state index contributed by atoms with van der Waals surface area (Å²) >= 11 is 1.36. The van der Waals surface area contributed by atoms with Gasteiger partial charge in [-0.15, -0.1) is 0 Å². The van der Waals surface area contributed by atoms with Crippen LogP contribution in [0.1, 0.15) is 76.7 Å². The van der Waals surface area contributed by atoms with E-state index in [2.05, 4.69) is 6.92 Å². The summed E-state index contributed by atoms with van der Waals surface area (Å²) in [6.07, 6.45) is 12.7. The molecule has 0 aromatic heterocycles. The van der Waals surface area contributed by atoms with Crippen LogP contribution in [-0.2, 0) is 14.4 Å². The number of thioether (sulfide) groups is 1. The van der Waals surface area contributed by atoms with Gasteiger partial charge in [-0.25, -0.2) is 0 Å². The number of carbonyl (C=O) groups excluding carboxylic acids is 3. The molecule has 0 heterocycles. The minimum absolute atomic E-state index is 0.0253. The Bertz CT molecular complexity index is 662. The van der Waals surface area contributed by atoms with Gasteiger partial charge in [-0.05, 0) is 37.3 Å². The first kappa shape index (κ1) is 22.6. The van der Waals surface area contributed by atoms with Crippen molar-refractivity contribution < 1.29 is 14.4 Å². The number of benzene rings is 1. The van der Waals surface area contributed by atoms with Crippen molar-refractivity contribution in [3.05, 3.63) is 42.0 Å². The van der Waals surface area contributed by atoms with Gasteiger partial charge in [0.25, 0.3) is 0 Å². The lowest BCUT2D eigenvalue weighted by Gasteiger charge is -2.29. The van der Waals surface area contributed by atoms with E-state index in [-0.39, 0.29) is 17.3 Å². The van der Waals surface area contributed by atoms with Crippen LogP contribution >= 0.6 is 11.8 Å². The van der Waals surface area contributed by atoms with Gasteiger partial charge in [0.05, 0.1) is 5.41 Å². The third-order valence-corrected chi connectivity index (χ3v) is 6.94. The Hall–Kier alpha value is -1.68. The minimum Gasteiger partial charge on any atom is -0.302 e. The van der Waals surface area contributed by atoms with Gasteiger partial charge in [0.15, 0.2) is 5.78 Å². The summed E-state index contributed by atoms with van der Waals surface area (Å²) in [6, 6.07) is 9.65. The number of unbranched alkanes of at least 4 members (excludes halogenated alkanes) is 1. The van der Waals surface area contributed by atoms with Gasteiger partial charge < -0.3 is 4.79 Å². The summed E-state index contributed by atoms with van der Waals surface area (Å²) in [7, 11) is 0. The van der Waals surface area contributed by atoms with Crippen LogP contribution in [0.5, 0.6) is 0 Å². The molecule has 3 nitrogen and oxygen atoms in total. The van der Waals surface area contributed by atoms with Crippen molar-refractivity contribution in [2.24, 2.45) is 5.41 Å². The van der Waals surface area contributed by atoms with Gasteiger partial charge in [0.2, 0.25) is 5.12 Å². The van der Waals surface area contributed by atoms with E-state index in [1.54, 1.807) is 12.2 Å². The normalized spacial score (nSPS) is 17.3. The van der Waals surface area contributed by atoms with Crippen LogP contribution in [0.4, 0.5) is 0 Å². The predicted octanol–water partition coefficient (Wildman–Crippen LogP) is 6.02. The number of allylic oxidation sites excluding steroid dienone is 1. The molecule has 0 amide bonds. The van der Waals surface area contributed by atoms with E-state index in [0.717, 1.165) is 50.4 Å². The maximum absolute atomic E-state index is 13.1. The molecule has 1 aliphatic carbocycles. The van der Waals surface area contributed by atoms with E-state index in [0.29, 0.717) is 18.1 Å². The van der Waals surface area contributed by atoms with Crippen LogP contribution < -0.4 is 0 Å². The van der Waals surface area contributed by atoms with Gasteiger partial charge >= 0.3 is 0 Å². The summed E-state index contributed by atoms with van der Waals surface area (Å²) in [6.45, 7) is 2.06. The molecule has 0 saturated heterocycles. The molecule has 0 N–H and O–H groups in total. The molecule has 1 atom stereocenters. The molecule has 1 aromatic rings. The quantitative estimate of drug-likeness (QED) is 0.259. The van der Waals surface area contributed by atoms with Gasteiger partial charge in [0.1, 0.15) is 6.29 Å². The molecule has 0 spiro atoms. The van der Waals surface area contributed by atoms with Crippen LogP contribution in [0.15, 0.2) is 36.4 Å². The molecule has 0 bridgehead atoms. The highest BCUT2D eigenvalue weighted by Gasteiger charge is 2.39. The Kier molecular flexibility index (Phi) is 9.69. The lowest BCUT2D eigenvalue weighted by Crippen LogP contribution is -2.33. The molecule has 4 heteroatoms. The van der Waals surface area contributed by atoms with Crippen molar-refractivity contribution >= 4 is 35.0 Å². The van der Waals surface area contributed by atoms with Gasteiger partial charge in [-0.2, -0.15) is 0 Å². The number of rotatable bonds is 11. The monoisotopic (exact) mass is 400 g/mol. The highest BCUT2D eigenvalue weighted by molar-refractivity contribution is 8.14. The number of ketones is 1. The smallest absolute Gasteiger partial charge is 0.202 e. The zero-order chi connectivity index (χ0) is 20.2. The van der Waals surface area contributed by atoms with Crippen molar-refractivity contribution in [2.75, 3.05) is 0 Å². The third-order valence-electron chi connectivity index (χ3n) is 5.51. The van der Waals surface area contributed by atoms with Crippen molar-refractivity contribution in [3.8, 4) is 0 Å². The second-order valence-electron chi connectivity index (χ2n) is 7.75. The van der Waals surface area contributed by atoms with E-state index in [4.69, 9.17) is 0 Å².